The maximum Gasteiger partial charge on any atom is 0.134 e. The normalized spacial score (nSPS) is 12.8. The van der Waals surface area contributed by atoms with Gasteiger partial charge in [-0.3, -0.25) is 0 Å². The average molecular weight is 229 g/mol. The van der Waals surface area contributed by atoms with Crippen LogP contribution in [0.4, 0.5) is 0 Å². The molecule has 2 heteroatoms. The molecule has 17 heavy (non-hydrogen) atoms. The Morgan fingerprint density at radius 3 is 2.94 bits per heavy atom. The number of nitrogens with one attached hydrogen (secondary N) is 1. The van der Waals surface area contributed by atoms with Gasteiger partial charge in [0.1, 0.15) is 11.3 Å². The first-order chi connectivity index (χ1) is 8.35. The fraction of sp³-hybridized carbons (Fsp3) is 0.333. The topological polar surface area (TPSA) is 25.2 Å². The number of furan rings is 1. The zero-order chi connectivity index (χ0) is 12.1. The van der Waals surface area contributed by atoms with E-state index < -0.39 is 0 Å². The first kappa shape index (κ1) is 11.9. The van der Waals surface area contributed by atoms with E-state index in [-0.39, 0.29) is 6.04 Å². The summed E-state index contributed by atoms with van der Waals surface area (Å²) in [4.78, 5) is 0. The Labute approximate surface area is 102 Å². The summed E-state index contributed by atoms with van der Waals surface area (Å²) in [6.07, 6.45) is 3.94. The molecule has 0 bridgehead atoms. The van der Waals surface area contributed by atoms with Gasteiger partial charge in [-0.25, -0.2) is 0 Å². The average Bonchev–Trinajstić information content (AvgIpc) is 2.78. The van der Waals surface area contributed by atoms with Crippen molar-refractivity contribution >= 4 is 11.0 Å². The zero-order valence-corrected chi connectivity index (χ0v) is 10.3. The molecule has 2 aromatic rings. The van der Waals surface area contributed by atoms with Crippen LogP contribution in [0, 0.1) is 0 Å². The number of para-hydroxylation sites is 1. The molecule has 2 nitrogen and oxygen atoms in total. The molecule has 1 atom stereocenters. The Bertz CT molecular complexity index is 453. The second-order valence-corrected chi connectivity index (χ2v) is 4.22. The number of hydrogen-bond donors (Lipinski definition) is 1. The molecule has 90 valence electrons. The first-order valence-corrected chi connectivity index (χ1v) is 6.18. The van der Waals surface area contributed by atoms with Gasteiger partial charge in [0.25, 0.3) is 0 Å². The summed E-state index contributed by atoms with van der Waals surface area (Å²) < 4.78 is 5.87. The summed E-state index contributed by atoms with van der Waals surface area (Å²) in [6, 6.07) is 10.5. The van der Waals surface area contributed by atoms with Crippen LogP contribution in [0.15, 0.2) is 47.4 Å². The smallest absolute Gasteiger partial charge is 0.134 e. The highest BCUT2D eigenvalue weighted by atomic mass is 16.3. The summed E-state index contributed by atoms with van der Waals surface area (Å²) in [5.74, 6) is 1.000. The van der Waals surface area contributed by atoms with Gasteiger partial charge in [0.2, 0.25) is 0 Å². The highest BCUT2D eigenvalue weighted by Crippen LogP contribution is 2.25. The highest BCUT2D eigenvalue weighted by molar-refractivity contribution is 5.77. The third-order valence-corrected chi connectivity index (χ3v) is 2.83. The van der Waals surface area contributed by atoms with Crippen molar-refractivity contribution < 1.29 is 4.42 Å². The van der Waals surface area contributed by atoms with Crippen LogP contribution in [-0.2, 0) is 0 Å². The summed E-state index contributed by atoms with van der Waals surface area (Å²) in [6.45, 7) is 6.97. The van der Waals surface area contributed by atoms with Gasteiger partial charge in [0.15, 0.2) is 0 Å². The molecule has 1 unspecified atom stereocenters. The molecule has 1 N–H and O–H groups in total. The third kappa shape index (κ3) is 2.77. The van der Waals surface area contributed by atoms with Crippen LogP contribution in [0.2, 0.25) is 0 Å². The molecule has 0 fully saturated rings. The second kappa shape index (κ2) is 5.69. The lowest BCUT2D eigenvalue weighted by Crippen LogP contribution is -2.21. The quantitative estimate of drug-likeness (QED) is 0.756. The molecule has 1 heterocycles. The molecule has 0 aliphatic carbocycles. The van der Waals surface area contributed by atoms with Crippen molar-refractivity contribution in [3.05, 3.63) is 48.7 Å². The van der Waals surface area contributed by atoms with Crippen LogP contribution in [0.1, 0.15) is 31.6 Å². The predicted octanol–water partition coefficient (Wildman–Crippen LogP) is 4.05. The first-order valence-electron chi connectivity index (χ1n) is 6.18. The van der Waals surface area contributed by atoms with Crippen LogP contribution in [0.3, 0.4) is 0 Å². The van der Waals surface area contributed by atoms with Crippen molar-refractivity contribution in [2.75, 3.05) is 6.54 Å². The summed E-state index contributed by atoms with van der Waals surface area (Å²) >= 11 is 0. The summed E-state index contributed by atoms with van der Waals surface area (Å²) in [5.41, 5.74) is 0.954. The van der Waals surface area contributed by atoms with E-state index in [0.29, 0.717) is 0 Å². The fourth-order valence-corrected chi connectivity index (χ4v) is 1.96. The van der Waals surface area contributed by atoms with Gasteiger partial charge in [-0.15, -0.1) is 6.58 Å². The molecule has 0 aliphatic rings. The lowest BCUT2D eigenvalue weighted by Gasteiger charge is -2.13. The Morgan fingerprint density at radius 2 is 2.24 bits per heavy atom. The van der Waals surface area contributed by atoms with E-state index in [1.54, 1.807) is 0 Å². The van der Waals surface area contributed by atoms with Crippen LogP contribution >= 0.6 is 0 Å². The molecule has 0 amide bonds. The molecule has 0 spiro atoms. The van der Waals surface area contributed by atoms with Gasteiger partial charge in [-0.1, -0.05) is 31.2 Å². The van der Waals surface area contributed by atoms with Gasteiger partial charge in [-0.05, 0) is 31.5 Å². The Hall–Kier alpha value is -1.54. The summed E-state index contributed by atoms with van der Waals surface area (Å²) in [7, 11) is 0. The Balaban J connectivity index is 2.24. The minimum Gasteiger partial charge on any atom is -0.459 e. The lowest BCUT2D eigenvalue weighted by molar-refractivity contribution is 0.432. The molecule has 1 aromatic carbocycles. The predicted molar refractivity (Wildman–Crippen MR) is 72.1 cm³/mol. The Morgan fingerprint density at radius 1 is 1.41 bits per heavy atom. The molecule has 2 rings (SSSR count). The largest absolute Gasteiger partial charge is 0.459 e. The monoisotopic (exact) mass is 229 g/mol. The van der Waals surface area contributed by atoms with Crippen LogP contribution in [-0.4, -0.2) is 6.54 Å². The minimum absolute atomic E-state index is 0.236. The van der Waals surface area contributed by atoms with Gasteiger partial charge in [0.05, 0.1) is 6.04 Å². The van der Waals surface area contributed by atoms with E-state index in [2.05, 4.69) is 31.0 Å². The van der Waals surface area contributed by atoms with Crippen LogP contribution in [0.25, 0.3) is 11.0 Å². The second-order valence-electron chi connectivity index (χ2n) is 4.22. The van der Waals surface area contributed by atoms with Crippen molar-refractivity contribution in [2.45, 2.75) is 25.8 Å². The fourth-order valence-electron chi connectivity index (χ4n) is 1.96. The van der Waals surface area contributed by atoms with E-state index in [1.807, 2.05) is 24.3 Å². The maximum absolute atomic E-state index is 5.87. The van der Waals surface area contributed by atoms with Crippen molar-refractivity contribution in [3.8, 4) is 0 Å². The number of benzene rings is 1. The number of rotatable bonds is 6. The van der Waals surface area contributed by atoms with Crippen molar-refractivity contribution in [1.29, 1.82) is 0 Å². The molecular weight excluding hydrogens is 210 g/mol. The Kier molecular flexibility index (Phi) is 3.99. The van der Waals surface area contributed by atoms with Crippen LogP contribution < -0.4 is 5.32 Å². The van der Waals surface area contributed by atoms with E-state index in [4.69, 9.17) is 4.42 Å². The molecule has 0 radical (unpaired) electrons. The maximum atomic E-state index is 5.87. The SMILES string of the molecule is C=CCC(NCCC)c1cc2ccccc2o1. The van der Waals surface area contributed by atoms with Gasteiger partial charge >= 0.3 is 0 Å². The van der Waals surface area contributed by atoms with E-state index in [1.165, 1.54) is 0 Å². The third-order valence-electron chi connectivity index (χ3n) is 2.83. The lowest BCUT2D eigenvalue weighted by atomic mass is 10.1. The zero-order valence-electron chi connectivity index (χ0n) is 10.3. The molecule has 0 saturated heterocycles. The number of fused-ring (bicyclic) bond motifs is 1. The molecule has 0 aliphatic heterocycles. The minimum atomic E-state index is 0.236. The van der Waals surface area contributed by atoms with Crippen molar-refractivity contribution in [2.24, 2.45) is 0 Å². The van der Waals surface area contributed by atoms with E-state index in [0.717, 1.165) is 36.1 Å². The van der Waals surface area contributed by atoms with E-state index >= 15 is 0 Å². The molecule has 0 saturated carbocycles. The van der Waals surface area contributed by atoms with Crippen molar-refractivity contribution in [1.82, 2.24) is 5.32 Å². The van der Waals surface area contributed by atoms with Gasteiger partial charge < -0.3 is 9.73 Å². The standard InChI is InChI=1S/C15H19NO/c1-3-7-13(16-10-4-2)15-11-12-8-5-6-9-14(12)17-15/h3,5-6,8-9,11,13,16H,1,4,7,10H2,2H3. The van der Waals surface area contributed by atoms with Gasteiger partial charge in [-0.2, -0.15) is 0 Å². The van der Waals surface area contributed by atoms with Gasteiger partial charge in [0, 0.05) is 5.39 Å². The molecular formula is C15H19NO. The number of hydrogen-bond acceptors (Lipinski definition) is 2. The highest BCUT2D eigenvalue weighted by Gasteiger charge is 2.13. The van der Waals surface area contributed by atoms with E-state index in [9.17, 15) is 0 Å². The van der Waals surface area contributed by atoms with Crippen LogP contribution in [0.5, 0.6) is 0 Å². The molecule has 1 aromatic heterocycles. The van der Waals surface area contributed by atoms with Crippen molar-refractivity contribution in [3.63, 3.8) is 0 Å². The summed E-state index contributed by atoms with van der Waals surface area (Å²) in [5, 5.41) is 4.64.